The van der Waals surface area contributed by atoms with Gasteiger partial charge in [-0.1, -0.05) is 18.2 Å². The molecule has 5 heteroatoms. The van der Waals surface area contributed by atoms with Crippen LogP contribution in [0.4, 0.5) is 4.39 Å². The van der Waals surface area contributed by atoms with Gasteiger partial charge in [-0.05, 0) is 12.1 Å². The number of nitrogens with one attached hydrogen (secondary N) is 1. The molecule has 0 aliphatic rings. The smallest absolute Gasteiger partial charge is 0.129 e. The van der Waals surface area contributed by atoms with Crippen molar-refractivity contribution in [2.24, 2.45) is 7.05 Å². The molecule has 4 nitrogen and oxygen atoms in total. The highest BCUT2D eigenvalue weighted by Gasteiger charge is 2.11. The van der Waals surface area contributed by atoms with Gasteiger partial charge in [0, 0.05) is 31.9 Å². The molecule has 2 N–H and O–H groups in total. The van der Waals surface area contributed by atoms with Crippen LogP contribution in [-0.4, -0.2) is 21.4 Å². The Balaban J connectivity index is 1.85. The van der Waals surface area contributed by atoms with Crippen LogP contribution in [-0.2, 0) is 13.6 Å². The number of benzene rings is 1. The van der Waals surface area contributed by atoms with E-state index in [-0.39, 0.29) is 12.4 Å². The molecule has 1 atom stereocenters. The van der Waals surface area contributed by atoms with Crippen LogP contribution in [0.1, 0.15) is 17.4 Å². The SMILES string of the molecule is Cn1ccc(CNCC(O)c2ccccc2F)n1. The number of hydrogen-bond acceptors (Lipinski definition) is 3. The van der Waals surface area contributed by atoms with Crippen molar-refractivity contribution in [3.8, 4) is 0 Å². The Bertz CT molecular complexity index is 512. The molecule has 1 unspecified atom stereocenters. The number of hydrogen-bond donors (Lipinski definition) is 2. The number of nitrogens with zero attached hydrogens (tertiary/aromatic N) is 2. The summed E-state index contributed by atoms with van der Waals surface area (Å²) < 4.78 is 15.1. The van der Waals surface area contributed by atoms with Crippen LogP contribution in [0.5, 0.6) is 0 Å². The molecule has 1 aromatic carbocycles. The molecule has 96 valence electrons. The number of aliphatic hydroxyl groups excluding tert-OH is 1. The second kappa shape index (κ2) is 5.75. The minimum Gasteiger partial charge on any atom is -0.387 e. The Labute approximate surface area is 105 Å². The minimum atomic E-state index is -0.852. The van der Waals surface area contributed by atoms with Crippen molar-refractivity contribution in [3.05, 3.63) is 53.6 Å². The van der Waals surface area contributed by atoms with Crippen molar-refractivity contribution in [1.82, 2.24) is 15.1 Å². The maximum Gasteiger partial charge on any atom is 0.129 e. The van der Waals surface area contributed by atoms with Crippen molar-refractivity contribution >= 4 is 0 Å². The predicted molar refractivity (Wildman–Crippen MR) is 66.3 cm³/mol. The summed E-state index contributed by atoms with van der Waals surface area (Å²) in [5.74, 6) is -0.385. The molecule has 0 fully saturated rings. The van der Waals surface area contributed by atoms with Crippen LogP contribution in [0.2, 0.25) is 0 Å². The van der Waals surface area contributed by atoms with Gasteiger partial charge in [0.05, 0.1) is 11.8 Å². The molecule has 0 radical (unpaired) electrons. The summed E-state index contributed by atoms with van der Waals surface area (Å²) in [4.78, 5) is 0. The fraction of sp³-hybridized carbons (Fsp3) is 0.308. The number of aliphatic hydroxyl groups is 1. The minimum absolute atomic E-state index is 0.289. The van der Waals surface area contributed by atoms with E-state index in [0.29, 0.717) is 12.1 Å². The Morgan fingerprint density at radius 3 is 2.83 bits per heavy atom. The van der Waals surface area contributed by atoms with Crippen LogP contribution < -0.4 is 5.32 Å². The summed E-state index contributed by atoms with van der Waals surface area (Å²) in [7, 11) is 1.84. The average Bonchev–Trinajstić information content (AvgIpc) is 2.75. The van der Waals surface area contributed by atoms with E-state index in [9.17, 15) is 9.50 Å². The quantitative estimate of drug-likeness (QED) is 0.841. The Kier molecular flexibility index (Phi) is 4.07. The molecule has 0 spiro atoms. The van der Waals surface area contributed by atoms with Crippen molar-refractivity contribution < 1.29 is 9.50 Å². The van der Waals surface area contributed by atoms with Gasteiger partial charge in [-0.25, -0.2) is 4.39 Å². The fourth-order valence-electron chi connectivity index (χ4n) is 1.75. The molecule has 0 saturated carbocycles. The van der Waals surface area contributed by atoms with E-state index in [2.05, 4.69) is 10.4 Å². The summed E-state index contributed by atoms with van der Waals surface area (Å²) in [6, 6.07) is 8.13. The summed E-state index contributed by atoms with van der Waals surface area (Å²) in [5, 5.41) is 17.1. The highest BCUT2D eigenvalue weighted by molar-refractivity contribution is 5.20. The number of rotatable bonds is 5. The van der Waals surface area contributed by atoms with Crippen molar-refractivity contribution in [2.75, 3.05) is 6.54 Å². The lowest BCUT2D eigenvalue weighted by Gasteiger charge is -2.12. The Morgan fingerprint density at radius 1 is 1.39 bits per heavy atom. The van der Waals surface area contributed by atoms with E-state index in [4.69, 9.17) is 0 Å². The third-order valence-electron chi connectivity index (χ3n) is 2.68. The molecule has 0 saturated heterocycles. The van der Waals surface area contributed by atoms with Gasteiger partial charge in [0.15, 0.2) is 0 Å². The van der Waals surface area contributed by atoms with E-state index in [1.54, 1.807) is 22.9 Å². The van der Waals surface area contributed by atoms with Gasteiger partial charge in [-0.15, -0.1) is 0 Å². The monoisotopic (exact) mass is 249 g/mol. The molecular formula is C13H16FN3O. The average molecular weight is 249 g/mol. The van der Waals surface area contributed by atoms with Crippen LogP contribution >= 0.6 is 0 Å². The summed E-state index contributed by atoms with van der Waals surface area (Å²) in [6.45, 7) is 0.837. The standard InChI is InChI=1S/C13H16FN3O/c1-17-7-6-10(16-17)8-15-9-13(18)11-4-2-3-5-12(11)14/h2-7,13,15,18H,8-9H2,1H3. The molecule has 0 aliphatic heterocycles. The van der Waals surface area contributed by atoms with Crippen LogP contribution in [0.15, 0.2) is 36.5 Å². The third kappa shape index (κ3) is 3.15. The summed E-state index contributed by atoms with van der Waals surface area (Å²) in [5.41, 5.74) is 1.20. The van der Waals surface area contributed by atoms with Crippen LogP contribution in [0.25, 0.3) is 0 Å². The molecular weight excluding hydrogens is 233 g/mol. The molecule has 0 amide bonds. The molecule has 0 bridgehead atoms. The van der Waals surface area contributed by atoms with Crippen molar-refractivity contribution in [3.63, 3.8) is 0 Å². The second-order valence-corrected chi connectivity index (χ2v) is 4.15. The summed E-state index contributed by atoms with van der Waals surface area (Å²) in [6.07, 6.45) is 1.000. The number of aryl methyl sites for hydroxylation is 1. The topological polar surface area (TPSA) is 50.1 Å². The zero-order chi connectivity index (χ0) is 13.0. The lowest BCUT2D eigenvalue weighted by atomic mass is 10.1. The van der Waals surface area contributed by atoms with Gasteiger partial charge in [-0.3, -0.25) is 4.68 Å². The Morgan fingerprint density at radius 2 is 2.17 bits per heavy atom. The maximum absolute atomic E-state index is 13.4. The highest BCUT2D eigenvalue weighted by Crippen LogP contribution is 2.15. The lowest BCUT2D eigenvalue weighted by Crippen LogP contribution is -2.22. The number of halogens is 1. The van der Waals surface area contributed by atoms with Gasteiger partial charge in [0.25, 0.3) is 0 Å². The molecule has 18 heavy (non-hydrogen) atoms. The Hall–Kier alpha value is -1.72. The zero-order valence-corrected chi connectivity index (χ0v) is 10.2. The van der Waals surface area contributed by atoms with Gasteiger partial charge in [0.1, 0.15) is 5.82 Å². The van der Waals surface area contributed by atoms with Crippen LogP contribution in [0, 0.1) is 5.82 Å². The first kappa shape index (κ1) is 12.7. The molecule has 1 aromatic heterocycles. The van der Waals surface area contributed by atoms with Gasteiger partial charge >= 0.3 is 0 Å². The lowest BCUT2D eigenvalue weighted by molar-refractivity contribution is 0.169. The molecule has 2 rings (SSSR count). The van der Waals surface area contributed by atoms with Crippen molar-refractivity contribution in [2.45, 2.75) is 12.6 Å². The molecule has 1 heterocycles. The van der Waals surface area contributed by atoms with E-state index < -0.39 is 6.10 Å². The highest BCUT2D eigenvalue weighted by atomic mass is 19.1. The predicted octanol–water partition coefficient (Wildman–Crippen LogP) is 1.38. The number of aromatic nitrogens is 2. The molecule has 0 aliphatic carbocycles. The first-order valence-corrected chi connectivity index (χ1v) is 5.78. The van der Waals surface area contributed by atoms with Crippen molar-refractivity contribution in [1.29, 1.82) is 0 Å². The van der Waals surface area contributed by atoms with E-state index in [1.807, 2.05) is 19.3 Å². The normalized spacial score (nSPS) is 12.6. The second-order valence-electron chi connectivity index (χ2n) is 4.15. The van der Waals surface area contributed by atoms with Gasteiger partial charge in [0.2, 0.25) is 0 Å². The maximum atomic E-state index is 13.4. The van der Waals surface area contributed by atoms with E-state index in [1.165, 1.54) is 6.07 Å². The van der Waals surface area contributed by atoms with E-state index >= 15 is 0 Å². The fourth-order valence-corrected chi connectivity index (χ4v) is 1.75. The van der Waals surface area contributed by atoms with Gasteiger partial charge < -0.3 is 10.4 Å². The summed E-state index contributed by atoms with van der Waals surface area (Å²) >= 11 is 0. The third-order valence-corrected chi connectivity index (χ3v) is 2.68. The molecule has 2 aromatic rings. The largest absolute Gasteiger partial charge is 0.387 e. The van der Waals surface area contributed by atoms with E-state index in [0.717, 1.165) is 5.69 Å². The first-order chi connectivity index (χ1) is 8.66. The zero-order valence-electron chi connectivity index (χ0n) is 10.2. The van der Waals surface area contributed by atoms with Gasteiger partial charge in [-0.2, -0.15) is 5.10 Å². The first-order valence-electron chi connectivity index (χ1n) is 5.78. The van der Waals surface area contributed by atoms with Crippen LogP contribution in [0.3, 0.4) is 0 Å².